The van der Waals surface area contributed by atoms with E-state index in [1.165, 1.54) is 18.2 Å². The van der Waals surface area contributed by atoms with Gasteiger partial charge in [0.25, 0.3) is 0 Å². The van der Waals surface area contributed by atoms with Crippen molar-refractivity contribution in [3.8, 4) is 11.5 Å². The van der Waals surface area contributed by atoms with E-state index < -0.39 is 24.8 Å². The minimum absolute atomic E-state index is 0.00717. The van der Waals surface area contributed by atoms with Gasteiger partial charge in [-0.2, -0.15) is 13.5 Å². The molecule has 0 saturated heterocycles. The lowest BCUT2D eigenvalue weighted by Crippen LogP contribution is -2.27. The summed E-state index contributed by atoms with van der Waals surface area (Å²) in [7, 11) is 0. The fourth-order valence-electron chi connectivity index (χ4n) is 3.76. The monoisotopic (exact) mass is 581 g/mol. The number of halogens is 4. The predicted molar refractivity (Wildman–Crippen MR) is 140 cm³/mol. The van der Waals surface area contributed by atoms with Gasteiger partial charge in [-0.25, -0.2) is 4.79 Å². The van der Waals surface area contributed by atoms with E-state index in [4.69, 9.17) is 37.4 Å². The van der Waals surface area contributed by atoms with Crippen molar-refractivity contribution in [1.29, 1.82) is 0 Å². The van der Waals surface area contributed by atoms with Crippen LogP contribution in [0.4, 0.5) is 8.78 Å². The lowest BCUT2D eigenvalue weighted by Gasteiger charge is -2.23. The summed E-state index contributed by atoms with van der Waals surface area (Å²) < 4.78 is 48.5. The highest BCUT2D eigenvalue weighted by molar-refractivity contribution is 6.35. The van der Waals surface area contributed by atoms with Crippen LogP contribution in [-0.2, 0) is 27.3 Å². The summed E-state index contributed by atoms with van der Waals surface area (Å²) in [6.45, 7) is -0.941. The molecule has 3 aromatic rings. The van der Waals surface area contributed by atoms with E-state index in [9.17, 15) is 18.8 Å². The van der Waals surface area contributed by atoms with Crippen LogP contribution < -0.4 is 14.2 Å². The first-order valence-corrected chi connectivity index (χ1v) is 13.1. The topological polar surface area (TPSA) is 80.9 Å². The molecule has 1 aliphatic carbocycles. The van der Waals surface area contributed by atoms with Crippen LogP contribution in [0.3, 0.4) is 0 Å². The number of carbonyl (C=O) groups is 1. The van der Waals surface area contributed by atoms with E-state index in [0.717, 1.165) is 30.8 Å². The molecule has 0 N–H and O–H groups in total. The van der Waals surface area contributed by atoms with E-state index in [0.29, 0.717) is 28.4 Å². The zero-order chi connectivity index (χ0) is 27.9. The molecule has 39 heavy (non-hydrogen) atoms. The molecule has 1 saturated carbocycles. The first kappa shape index (κ1) is 28.9. The van der Waals surface area contributed by atoms with E-state index in [2.05, 4.69) is 4.74 Å². The quantitative estimate of drug-likeness (QED) is 0.131. The predicted octanol–water partition coefficient (Wildman–Crippen LogP) is 6.45. The first-order chi connectivity index (χ1) is 18.7. The van der Waals surface area contributed by atoms with Crippen molar-refractivity contribution >= 4 is 29.2 Å². The molecule has 0 aliphatic heterocycles. The second-order valence-corrected chi connectivity index (χ2v) is 10.0. The fraction of sp³-hybridized carbons (Fsp3) is 0.357. The van der Waals surface area contributed by atoms with Crippen molar-refractivity contribution < 1.29 is 37.3 Å². The van der Waals surface area contributed by atoms with Crippen molar-refractivity contribution in [2.24, 2.45) is 5.92 Å². The van der Waals surface area contributed by atoms with Gasteiger partial charge in [0.1, 0.15) is 16.1 Å². The molecular weight excluding hydrogens is 555 g/mol. The zero-order valence-corrected chi connectivity index (χ0v) is 22.5. The molecule has 7 nitrogen and oxygen atoms in total. The number of alkyl halides is 2. The highest BCUT2D eigenvalue weighted by Crippen LogP contribution is 2.38. The van der Waals surface area contributed by atoms with Crippen LogP contribution in [0, 0.1) is 11.1 Å². The van der Waals surface area contributed by atoms with Crippen LogP contribution in [0.5, 0.6) is 11.5 Å². The van der Waals surface area contributed by atoms with Gasteiger partial charge in [-0.15, -0.1) is 0 Å². The minimum atomic E-state index is -3.05. The third-order valence-corrected chi connectivity index (χ3v) is 6.76. The van der Waals surface area contributed by atoms with Crippen LogP contribution in [0.25, 0.3) is 0 Å². The fourth-order valence-corrected chi connectivity index (χ4v) is 4.36. The summed E-state index contributed by atoms with van der Waals surface area (Å²) in [5.74, 6) is -0.352. The van der Waals surface area contributed by atoms with Crippen LogP contribution in [0.2, 0.25) is 10.0 Å². The summed E-state index contributed by atoms with van der Waals surface area (Å²) in [6, 6.07) is 13.7. The zero-order valence-electron chi connectivity index (χ0n) is 21.0. The molecule has 2 aromatic carbocycles. The van der Waals surface area contributed by atoms with Gasteiger partial charge in [0.2, 0.25) is 0 Å². The van der Waals surface area contributed by atoms with Crippen molar-refractivity contribution in [1.82, 2.24) is 0 Å². The maximum absolute atomic E-state index is 13.1. The molecule has 208 valence electrons. The van der Waals surface area contributed by atoms with Crippen molar-refractivity contribution in [3.05, 3.63) is 92.9 Å². The molecule has 1 heterocycles. The van der Waals surface area contributed by atoms with Crippen LogP contribution in [0.15, 0.2) is 60.9 Å². The van der Waals surface area contributed by atoms with E-state index in [-0.39, 0.29) is 34.6 Å². The smallest absolute Gasteiger partial charge is 0.387 e. The molecule has 0 bridgehead atoms. The Labute approximate surface area is 234 Å². The minimum Gasteiger partial charge on any atom is -0.619 e. The molecule has 0 radical (unpaired) electrons. The maximum atomic E-state index is 13.1. The number of nitrogens with zero attached hydrogens (tertiary/aromatic N) is 1. The van der Waals surface area contributed by atoms with Gasteiger partial charge < -0.3 is 24.2 Å². The maximum Gasteiger partial charge on any atom is 0.387 e. The normalized spacial score (nSPS) is 14.6. The molecule has 2 atom stereocenters. The number of pyridine rings is 1. The van der Waals surface area contributed by atoms with Crippen molar-refractivity contribution in [2.45, 2.75) is 51.6 Å². The summed E-state index contributed by atoms with van der Waals surface area (Å²) >= 11 is 12.6. The molecule has 2 unspecified atom stereocenters. The van der Waals surface area contributed by atoms with Crippen molar-refractivity contribution in [2.75, 3.05) is 6.61 Å². The molecule has 0 spiro atoms. The van der Waals surface area contributed by atoms with Gasteiger partial charge in [0.05, 0.1) is 13.2 Å². The van der Waals surface area contributed by atoms with Gasteiger partial charge in [0, 0.05) is 12.0 Å². The Hall–Kier alpha value is -3.14. The molecular formula is C28H27Cl2F2NO6. The SMILES string of the molecule is CC(OCc1ccccc1)C(=O)OC(Cc1c(Cl)c[n+]([O-])cc1Cl)c1ccc(OC(F)F)c(OCC2CC2)c1. The molecule has 0 amide bonds. The second kappa shape index (κ2) is 13.3. The standard InChI is InChI=1S/C28H27Cl2F2NO6/c1-17(36-15-18-5-3-2-4-6-18)27(34)38-25(12-21-22(29)13-33(35)14-23(21)30)20-9-10-24(39-28(31)32)26(11-20)37-16-19-7-8-19/h2-6,9-11,13-14,17,19,25,28H,7-8,12,15-16H2,1H3. The van der Waals surface area contributed by atoms with Gasteiger partial charge in [-0.05, 0) is 48.9 Å². The Morgan fingerprint density at radius 3 is 2.41 bits per heavy atom. The van der Waals surface area contributed by atoms with Crippen LogP contribution >= 0.6 is 23.2 Å². The summed E-state index contributed by atoms with van der Waals surface area (Å²) in [6.07, 6.45) is 2.36. The first-order valence-electron chi connectivity index (χ1n) is 12.3. The van der Waals surface area contributed by atoms with E-state index >= 15 is 0 Å². The number of hydrogen-bond acceptors (Lipinski definition) is 6. The Balaban J connectivity index is 1.59. The average Bonchev–Trinajstić information content (AvgIpc) is 3.73. The third kappa shape index (κ3) is 8.42. The van der Waals surface area contributed by atoms with Gasteiger partial charge in [-0.1, -0.05) is 59.6 Å². The summed E-state index contributed by atoms with van der Waals surface area (Å²) in [5, 5.41) is 11.9. The number of aromatic nitrogens is 1. The molecule has 1 fully saturated rings. The van der Waals surface area contributed by atoms with Gasteiger partial charge >= 0.3 is 12.6 Å². The largest absolute Gasteiger partial charge is 0.619 e. The van der Waals surface area contributed by atoms with Crippen LogP contribution in [0.1, 0.15) is 42.6 Å². The Morgan fingerprint density at radius 1 is 1.08 bits per heavy atom. The number of benzene rings is 2. The lowest BCUT2D eigenvalue weighted by molar-refractivity contribution is -0.605. The lowest BCUT2D eigenvalue weighted by atomic mass is 10.0. The Morgan fingerprint density at radius 2 is 1.77 bits per heavy atom. The Kier molecular flexibility index (Phi) is 9.83. The van der Waals surface area contributed by atoms with E-state index in [1.807, 2.05) is 30.3 Å². The number of carbonyl (C=O) groups excluding carboxylic acids is 1. The Bertz CT molecular complexity index is 1250. The van der Waals surface area contributed by atoms with Crippen molar-refractivity contribution in [3.63, 3.8) is 0 Å². The van der Waals surface area contributed by atoms with Crippen LogP contribution in [-0.4, -0.2) is 25.3 Å². The number of rotatable bonds is 13. The van der Waals surface area contributed by atoms with E-state index in [1.54, 1.807) is 6.92 Å². The molecule has 1 aliphatic rings. The number of esters is 1. The molecule has 11 heteroatoms. The number of hydrogen-bond donors (Lipinski definition) is 0. The average molecular weight is 582 g/mol. The summed E-state index contributed by atoms with van der Waals surface area (Å²) in [4.78, 5) is 13.1. The summed E-state index contributed by atoms with van der Waals surface area (Å²) in [5.41, 5.74) is 1.68. The second-order valence-electron chi connectivity index (χ2n) is 9.20. The van der Waals surface area contributed by atoms with Gasteiger partial charge in [-0.3, -0.25) is 0 Å². The molecule has 1 aromatic heterocycles. The third-order valence-electron chi connectivity index (χ3n) is 6.11. The number of ether oxygens (including phenoxy) is 4. The highest BCUT2D eigenvalue weighted by Gasteiger charge is 2.28. The highest BCUT2D eigenvalue weighted by atomic mass is 35.5. The molecule has 4 rings (SSSR count). The van der Waals surface area contributed by atoms with Gasteiger partial charge in [0.15, 0.2) is 30.0 Å².